The van der Waals surface area contributed by atoms with E-state index in [9.17, 15) is 13.2 Å². The van der Waals surface area contributed by atoms with Crippen molar-refractivity contribution in [3.05, 3.63) is 35.9 Å². The minimum Gasteiger partial charge on any atom is -0.351 e. The fourth-order valence-electron chi connectivity index (χ4n) is 1.93. The fraction of sp³-hybridized carbons (Fsp3) is 0.462. The average Bonchev–Trinajstić information content (AvgIpc) is 2.32. The van der Waals surface area contributed by atoms with E-state index in [0.29, 0.717) is 6.54 Å². The molecular weight excluding hydrogens is 264 g/mol. The molecule has 1 amide bonds. The number of hydrogen-bond donors (Lipinski definition) is 2. The molecule has 0 spiro atoms. The third-order valence-electron chi connectivity index (χ3n) is 3.04. The first-order valence-corrected chi connectivity index (χ1v) is 8.09. The second kappa shape index (κ2) is 6.16. The Labute approximate surface area is 113 Å². The van der Waals surface area contributed by atoms with Gasteiger partial charge in [-0.25, -0.2) is 8.42 Å². The number of hydrogen-bond acceptors (Lipinski definition) is 4. The third kappa shape index (κ3) is 4.65. The molecule has 0 saturated carbocycles. The van der Waals surface area contributed by atoms with Gasteiger partial charge in [0.05, 0.1) is 5.75 Å². The summed E-state index contributed by atoms with van der Waals surface area (Å²) in [6.45, 7) is 1.82. The van der Waals surface area contributed by atoms with Gasteiger partial charge in [0.15, 0.2) is 9.84 Å². The molecule has 0 atom stereocenters. The number of carbonyl (C=O) groups excluding carboxylic acids is 1. The number of amides is 1. The maximum Gasteiger partial charge on any atom is 0.235 e. The Morgan fingerprint density at radius 1 is 1.26 bits per heavy atom. The van der Waals surface area contributed by atoms with Crippen molar-refractivity contribution in [3.8, 4) is 0 Å². The Morgan fingerprint density at radius 3 is 2.53 bits per heavy atom. The number of carbonyl (C=O) groups is 1. The molecule has 5 nitrogen and oxygen atoms in total. The lowest BCUT2D eigenvalue weighted by atomic mass is 10.1. The van der Waals surface area contributed by atoms with Crippen LogP contribution >= 0.6 is 0 Å². The summed E-state index contributed by atoms with van der Waals surface area (Å²) in [6, 6.07) is 9.41. The molecule has 0 aromatic heterocycles. The van der Waals surface area contributed by atoms with Gasteiger partial charge in [-0.15, -0.1) is 0 Å². The Kier molecular flexibility index (Phi) is 4.55. The maximum atomic E-state index is 11.8. The molecule has 1 heterocycles. The zero-order valence-corrected chi connectivity index (χ0v) is 11.4. The van der Waals surface area contributed by atoms with Gasteiger partial charge in [0.2, 0.25) is 5.91 Å². The number of sulfone groups is 1. The molecule has 1 aromatic carbocycles. The summed E-state index contributed by atoms with van der Waals surface area (Å²) in [5, 5.41) is 5.65. The van der Waals surface area contributed by atoms with Gasteiger partial charge in [0, 0.05) is 19.6 Å². The monoisotopic (exact) mass is 282 g/mol. The van der Waals surface area contributed by atoms with Crippen LogP contribution in [0.25, 0.3) is 0 Å². The van der Waals surface area contributed by atoms with Crippen molar-refractivity contribution in [2.24, 2.45) is 5.92 Å². The molecule has 6 heteroatoms. The minimum atomic E-state index is -3.30. The van der Waals surface area contributed by atoms with Crippen LogP contribution in [0.15, 0.2) is 30.3 Å². The zero-order chi connectivity index (χ0) is 13.7. The minimum absolute atomic E-state index is 0.0960. The van der Waals surface area contributed by atoms with Crippen LogP contribution in [0.2, 0.25) is 0 Å². The Hall–Kier alpha value is -1.40. The van der Waals surface area contributed by atoms with Crippen molar-refractivity contribution in [3.63, 3.8) is 0 Å². The van der Waals surface area contributed by atoms with E-state index in [1.54, 1.807) is 0 Å². The smallest absolute Gasteiger partial charge is 0.235 e. The summed E-state index contributed by atoms with van der Waals surface area (Å²) in [6.07, 6.45) is 0. The van der Waals surface area contributed by atoms with E-state index in [-0.39, 0.29) is 11.7 Å². The lowest BCUT2D eigenvalue weighted by molar-refractivity contribution is -0.118. The van der Waals surface area contributed by atoms with E-state index in [1.807, 2.05) is 30.3 Å². The predicted molar refractivity (Wildman–Crippen MR) is 73.3 cm³/mol. The second-order valence-corrected chi connectivity index (χ2v) is 6.95. The fourth-order valence-corrected chi connectivity index (χ4v) is 3.50. The lowest BCUT2D eigenvalue weighted by Gasteiger charge is -2.26. The highest BCUT2D eigenvalue weighted by molar-refractivity contribution is 7.92. The molecule has 0 unspecified atom stereocenters. The topological polar surface area (TPSA) is 75.3 Å². The molecule has 1 fully saturated rings. The highest BCUT2D eigenvalue weighted by atomic mass is 32.2. The quantitative estimate of drug-likeness (QED) is 0.766. The summed E-state index contributed by atoms with van der Waals surface area (Å²) in [4.78, 5) is 11.6. The number of nitrogens with one attached hydrogen (secondary N) is 2. The van der Waals surface area contributed by atoms with Crippen LogP contribution in [0, 0.1) is 5.92 Å². The summed E-state index contributed by atoms with van der Waals surface area (Å²) < 4.78 is 23.5. The van der Waals surface area contributed by atoms with E-state index < -0.39 is 21.5 Å². The lowest BCUT2D eigenvalue weighted by Crippen LogP contribution is -2.46. The normalized spacial score (nSPS) is 15.8. The van der Waals surface area contributed by atoms with Crippen LogP contribution in [-0.4, -0.2) is 38.9 Å². The SMILES string of the molecule is O=C(CS(=O)(=O)CC1CNC1)NCc1ccccc1. The first-order valence-electron chi connectivity index (χ1n) is 6.27. The molecule has 2 rings (SSSR count). The summed E-state index contributed by atoms with van der Waals surface area (Å²) >= 11 is 0. The van der Waals surface area contributed by atoms with E-state index in [2.05, 4.69) is 10.6 Å². The highest BCUT2D eigenvalue weighted by Gasteiger charge is 2.25. The van der Waals surface area contributed by atoms with E-state index in [4.69, 9.17) is 0 Å². The van der Waals surface area contributed by atoms with E-state index >= 15 is 0 Å². The summed E-state index contributed by atoms with van der Waals surface area (Å²) in [7, 11) is -3.30. The van der Waals surface area contributed by atoms with Crippen molar-refractivity contribution < 1.29 is 13.2 Å². The van der Waals surface area contributed by atoms with Gasteiger partial charge in [0.1, 0.15) is 5.75 Å². The Balaban J connectivity index is 1.77. The van der Waals surface area contributed by atoms with Crippen molar-refractivity contribution in [2.75, 3.05) is 24.6 Å². The van der Waals surface area contributed by atoms with Crippen LogP contribution in [-0.2, 0) is 21.2 Å². The van der Waals surface area contributed by atoms with Crippen molar-refractivity contribution in [2.45, 2.75) is 6.54 Å². The van der Waals surface area contributed by atoms with Crippen LogP contribution in [0.5, 0.6) is 0 Å². The van der Waals surface area contributed by atoms with Crippen molar-refractivity contribution in [1.82, 2.24) is 10.6 Å². The predicted octanol–water partition coefficient (Wildman–Crippen LogP) is -0.0630. The molecule has 1 aliphatic rings. The first-order chi connectivity index (χ1) is 9.05. The Bertz CT molecular complexity index is 524. The van der Waals surface area contributed by atoms with Crippen LogP contribution < -0.4 is 10.6 Å². The maximum absolute atomic E-state index is 11.8. The van der Waals surface area contributed by atoms with Gasteiger partial charge in [0.25, 0.3) is 0 Å². The van der Waals surface area contributed by atoms with E-state index in [1.165, 1.54) is 0 Å². The largest absolute Gasteiger partial charge is 0.351 e. The van der Waals surface area contributed by atoms with Gasteiger partial charge in [-0.1, -0.05) is 30.3 Å². The second-order valence-electron chi connectivity index (χ2n) is 4.84. The standard InChI is InChI=1S/C13H18N2O3S/c16-13(15-8-11-4-2-1-3-5-11)10-19(17,18)9-12-6-14-7-12/h1-5,12,14H,6-10H2,(H,15,16). The van der Waals surface area contributed by atoms with Gasteiger partial charge in [-0.2, -0.15) is 0 Å². The average molecular weight is 282 g/mol. The molecular formula is C13H18N2O3S. The van der Waals surface area contributed by atoms with Crippen molar-refractivity contribution in [1.29, 1.82) is 0 Å². The Morgan fingerprint density at radius 2 is 1.95 bits per heavy atom. The number of rotatable bonds is 6. The van der Waals surface area contributed by atoms with Gasteiger partial charge < -0.3 is 10.6 Å². The van der Waals surface area contributed by atoms with Gasteiger partial charge >= 0.3 is 0 Å². The van der Waals surface area contributed by atoms with Crippen molar-refractivity contribution >= 4 is 15.7 Å². The molecule has 1 aromatic rings. The third-order valence-corrected chi connectivity index (χ3v) is 4.72. The number of benzene rings is 1. The van der Waals surface area contributed by atoms with E-state index in [0.717, 1.165) is 18.7 Å². The summed E-state index contributed by atoms with van der Waals surface area (Å²) in [5.41, 5.74) is 0.955. The highest BCUT2D eigenvalue weighted by Crippen LogP contribution is 2.07. The van der Waals surface area contributed by atoms with Crippen LogP contribution in [0.4, 0.5) is 0 Å². The molecule has 2 N–H and O–H groups in total. The zero-order valence-electron chi connectivity index (χ0n) is 10.6. The molecule has 0 bridgehead atoms. The molecule has 0 radical (unpaired) electrons. The molecule has 1 aliphatic heterocycles. The molecule has 1 saturated heterocycles. The van der Waals surface area contributed by atoms with Crippen LogP contribution in [0.1, 0.15) is 5.56 Å². The molecule has 0 aliphatic carbocycles. The first kappa shape index (κ1) is 14.0. The van der Waals surface area contributed by atoms with Gasteiger partial charge in [-0.3, -0.25) is 4.79 Å². The van der Waals surface area contributed by atoms with Gasteiger partial charge in [-0.05, 0) is 11.5 Å². The molecule has 19 heavy (non-hydrogen) atoms. The molecule has 104 valence electrons. The van der Waals surface area contributed by atoms with Crippen LogP contribution in [0.3, 0.4) is 0 Å². The summed E-state index contributed by atoms with van der Waals surface area (Å²) in [5.74, 6) is -0.599.